The van der Waals surface area contributed by atoms with E-state index in [1.807, 2.05) is 12.1 Å². The summed E-state index contributed by atoms with van der Waals surface area (Å²) in [5.41, 5.74) is 0.311. The van der Waals surface area contributed by atoms with E-state index < -0.39 is 11.7 Å². The molecule has 0 radical (unpaired) electrons. The topological polar surface area (TPSA) is 92.9 Å². The number of nitrogens with zero attached hydrogens (tertiary/aromatic N) is 3. The number of hydrogen-bond acceptors (Lipinski definition) is 7. The van der Waals surface area contributed by atoms with E-state index in [0.717, 1.165) is 16.0 Å². The molecule has 3 aromatic heterocycles. The minimum atomic E-state index is -0.570. The van der Waals surface area contributed by atoms with Crippen molar-refractivity contribution in [3.63, 3.8) is 0 Å². The van der Waals surface area contributed by atoms with Gasteiger partial charge in [0, 0.05) is 19.3 Å². The number of aromatic nitrogens is 3. The van der Waals surface area contributed by atoms with Crippen LogP contribution in [0.2, 0.25) is 5.02 Å². The number of benzene rings is 1. The average Bonchev–Trinajstić information content (AvgIpc) is 3.31. The Labute approximate surface area is 180 Å². The SMILES string of the molecule is Cc1onc(-c2c(F)cccc2Cl)c1C(=O)NCCCNc1nsc2ncccc12. The molecule has 0 saturated heterocycles. The zero-order valence-electron chi connectivity index (χ0n) is 15.9. The fraction of sp³-hybridized carbons (Fsp3) is 0.200. The van der Waals surface area contributed by atoms with Gasteiger partial charge >= 0.3 is 0 Å². The summed E-state index contributed by atoms with van der Waals surface area (Å²) in [6, 6.07) is 8.11. The molecule has 2 N–H and O–H groups in total. The monoisotopic (exact) mass is 445 g/mol. The van der Waals surface area contributed by atoms with Crippen LogP contribution in [-0.2, 0) is 0 Å². The zero-order valence-corrected chi connectivity index (χ0v) is 17.5. The smallest absolute Gasteiger partial charge is 0.257 e. The molecule has 0 unspecified atom stereocenters. The standard InChI is InChI=1S/C20H17ClFN5O2S/c1-11-15(17(26-29-11)16-13(21)6-2-7-14(16)22)19(28)24-10-4-9-23-18-12-5-3-8-25-20(12)30-27-18/h2-3,5-8H,4,9-10H2,1H3,(H,23,27)(H,24,28). The van der Waals surface area contributed by atoms with Gasteiger partial charge in [-0.3, -0.25) is 4.79 Å². The highest BCUT2D eigenvalue weighted by atomic mass is 35.5. The number of fused-ring (bicyclic) bond motifs is 1. The maximum absolute atomic E-state index is 14.3. The van der Waals surface area contributed by atoms with Crippen LogP contribution in [0.25, 0.3) is 21.5 Å². The molecule has 154 valence electrons. The maximum atomic E-state index is 14.3. The molecule has 4 aromatic rings. The molecular weight excluding hydrogens is 429 g/mol. The maximum Gasteiger partial charge on any atom is 0.257 e. The van der Waals surface area contributed by atoms with Gasteiger partial charge in [0.1, 0.15) is 33.5 Å². The van der Waals surface area contributed by atoms with Crippen molar-refractivity contribution in [3.05, 3.63) is 58.7 Å². The third-order valence-electron chi connectivity index (χ3n) is 4.47. The first-order valence-corrected chi connectivity index (χ1v) is 10.3. The van der Waals surface area contributed by atoms with E-state index in [0.29, 0.717) is 25.3 Å². The molecule has 7 nitrogen and oxygen atoms in total. The molecule has 4 rings (SSSR count). The fourth-order valence-corrected chi connectivity index (χ4v) is 3.99. The first kappa shape index (κ1) is 20.2. The molecule has 3 heterocycles. The lowest BCUT2D eigenvalue weighted by molar-refractivity contribution is 0.0952. The molecule has 10 heteroatoms. The molecule has 0 spiro atoms. The first-order valence-electron chi connectivity index (χ1n) is 9.19. The zero-order chi connectivity index (χ0) is 21.1. The van der Waals surface area contributed by atoms with Crippen LogP contribution in [0.5, 0.6) is 0 Å². The van der Waals surface area contributed by atoms with Gasteiger partial charge < -0.3 is 15.2 Å². The summed E-state index contributed by atoms with van der Waals surface area (Å²) >= 11 is 7.45. The molecule has 0 saturated carbocycles. The Morgan fingerprint density at radius 3 is 2.97 bits per heavy atom. The lowest BCUT2D eigenvalue weighted by atomic mass is 10.0. The van der Waals surface area contributed by atoms with Crippen LogP contribution in [-0.4, -0.2) is 33.5 Å². The van der Waals surface area contributed by atoms with Crippen molar-refractivity contribution >= 4 is 45.1 Å². The highest BCUT2D eigenvalue weighted by Crippen LogP contribution is 2.33. The minimum Gasteiger partial charge on any atom is -0.369 e. The Bertz CT molecular complexity index is 1190. The normalized spacial score (nSPS) is 11.0. The summed E-state index contributed by atoms with van der Waals surface area (Å²) in [7, 11) is 0. The van der Waals surface area contributed by atoms with Gasteiger partial charge in [0.05, 0.1) is 16.0 Å². The third kappa shape index (κ3) is 3.99. The molecule has 0 fully saturated rings. The number of pyridine rings is 1. The Morgan fingerprint density at radius 1 is 1.27 bits per heavy atom. The highest BCUT2D eigenvalue weighted by Gasteiger charge is 2.25. The Hall–Kier alpha value is -3.04. The third-order valence-corrected chi connectivity index (χ3v) is 5.56. The fourth-order valence-electron chi connectivity index (χ4n) is 3.03. The van der Waals surface area contributed by atoms with Gasteiger partial charge in [-0.25, -0.2) is 9.37 Å². The molecule has 0 bridgehead atoms. The van der Waals surface area contributed by atoms with Crippen molar-refractivity contribution in [1.29, 1.82) is 0 Å². The molecule has 1 amide bonds. The molecule has 0 atom stereocenters. The summed E-state index contributed by atoms with van der Waals surface area (Å²) in [6.45, 7) is 2.62. The van der Waals surface area contributed by atoms with Crippen molar-refractivity contribution in [3.8, 4) is 11.3 Å². The second kappa shape index (κ2) is 8.76. The summed E-state index contributed by atoms with van der Waals surface area (Å²) in [6.07, 6.45) is 2.39. The quantitative estimate of drug-likeness (QED) is 0.401. The van der Waals surface area contributed by atoms with Crippen LogP contribution in [0.15, 0.2) is 41.1 Å². The number of amides is 1. The highest BCUT2D eigenvalue weighted by molar-refractivity contribution is 7.13. The van der Waals surface area contributed by atoms with Crippen LogP contribution >= 0.6 is 23.1 Å². The average molecular weight is 446 g/mol. The largest absolute Gasteiger partial charge is 0.369 e. The van der Waals surface area contributed by atoms with Gasteiger partial charge in [0.25, 0.3) is 5.91 Å². The summed E-state index contributed by atoms with van der Waals surface area (Å²) in [4.78, 5) is 17.8. The first-order chi connectivity index (χ1) is 14.6. The van der Waals surface area contributed by atoms with Gasteiger partial charge in [-0.15, -0.1) is 0 Å². The van der Waals surface area contributed by atoms with Crippen molar-refractivity contribution in [2.24, 2.45) is 0 Å². The van der Waals surface area contributed by atoms with E-state index in [9.17, 15) is 9.18 Å². The number of halogens is 2. The number of carbonyl (C=O) groups excluding carboxylic acids is 1. The second-order valence-corrected chi connectivity index (χ2v) is 7.64. The summed E-state index contributed by atoms with van der Waals surface area (Å²) in [5.74, 6) is 0.104. The van der Waals surface area contributed by atoms with Gasteiger partial charge in [-0.2, -0.15) is 4.37 Å². The number of nitrogens with one attached hydrogen (secondary N) is 2. The van der Waals surface area contributed by atoms with E-state index >= 15 is 0 Å². The van der Waals surface area contributed by atoms with Gasteiger partial charge in [-0.1, -0.05) is 22.8 Å². The lowest BCUT2D eigenvalue weighted by Crippen LogP contribution is -2.26. The molecule has 1 aromatic carbocycles. The summed E-state index contributed by atoms with van der Waals surface area (Å²) in [5, 5.41) is 11.0. The number of aryl methyl sites for hydroxylation is 1. The number of rotatable bonds is 7. The van der Waals surface area contributed by atoms with Crippen LogP contribution in [0, 0.1) is 12.7 Å². The summed E-state index contributed by atoms with van der Waals surface area (Å²) < 4.78 is 23.8. The van der Waals surface area contributed by atoms with Gasteiger partial charge in [-0.05, 0) is 49.1 Å². The van der Waals surface area contributed by atoms with E-state index in [2.05, 4.69) is 25.1 Å². The van der Waals surface area contributed by atoms with Crippen LogP contribution in [0.4, 0.5) is 10.2 Å². The minimum absolute atomic E-state index is 0.0480. The van der Waals surface area contributed by atoms with Crippen LogP contribution in [0.1, 0.15) is 22.5 Å². The van der Waals surface area contributed by atoms with Crippen LogP contribution in [0.3, 0.4) is 0 Å². The van der Waals surface area contributed by atoms with Crippen molar-refractivity contribution in [1.82, 2.24) is 19.8 Å². The molecular formula is C20H17ClFN5O2S. The molecule has 0 aliphatic heterocycles. The number of hydrogen-bond donors (Lipinski definition) is 2. The molecule has 30 heavy (non-hydrogen) atoms. The Balaban J connectivity index is 1.38. The van der Waals surface area contributed by atoms with Crippen molar-refractivity contribution in [2.75, 3.05) is 18.4 Å². The molecule has 0 aliphatic rings. The van der Waals surface area contributed by atoms with Crippen molar-refractivity contribution in [2.45, 2.75) is 13.3 Å². The Kier molecular flexibility index (Phi) is 5.91. The van der Waals surface area contributed by atoms with E-state index in [-0.39, 0.29) is 21.8 Å². The van der Waals surface area contributed by atoms with Gasteiger partial charge in [0.2, 0.25) is 0 Å². The lowest BCUT2D eigenvalue weighted by Gasteiger charge is -2.08. The van der Waals surface area contributed by atoms with E-state index in [4.69, 9.17) is 16.1 Å². The van der Waals surface area contributed by atoms with E-state index in [1.165, 1.54) is 29.7 Å². The molecule has 0 aliphatic carbocycles. The van der Waals surface area contributed by atoms with Gasteiger partial charge in [0.15, 0.2) is 0 Å². The number of anilines is 1. The van der Waals surface area contributed by atoms with Crippen molar-refractivity contribution < 1.29 is 13.7 Å². The Morgan fingerprint density at radius 2 is 2.13 bits per heavy atom. The number of carbonyl (C=O) groups is 1. The predicted molar refractivity (Wildman–Crippen MR) is 114 cm³/mol. The van der Waals surface area contributed by atoms with Crippen LogP contribution < -0.4 is 10.6 Å². The predicted octanol–water partition coefficient (Wildman–Crippen LogP) is 4.68. The van der Waals surface area contributed by atoms with E-state index in [1.54, 1.807) is 13.1 Å². The second-order valence-electron chi connectivity index (χ2n) is 6.48.